The quantitative estimate of drug-likeness (QED) is 0.677. The average Bonchev–Trinajstić information content (AvgIpc) is 3.62. The molecule has 0 aromatic heterocycles. The maximum atomic E-state index is 13.3. The van der Waals surface area contributed by atoms with Crippen molar-refractivity contribution in [2.45, 2.75) is 38.0 Å². The van der Waals surface area contributed by atoms with Gasteiger partial charge in [0.25, 0.3) is 0 Å². The fraction of sp³-hybridized carbons (Fsp3) is 0.480. The van der Waals surface area contributed by atoms with Crippen LogP contribution in [0.3, 0.4) is 0 Å². The predicted octanol–water partition coefficient (Wildman–Crippen LogP) is 4.23. The van der Waals surface area contributed by atoms with Gasteiger partial charge in [-0.2, -0.15) is 13.2 Å². The van der Waals surface area contributed by atoms with Crippen molar-refractivity contribution in [1.29, 1.82) is 0 Å². The number of hydrogen-bond acceptors (Lipinski definition) is 3. The molecule has 3 aliphatic rings. The van der Waals surface area contributed by atoms with E-state index in [0.717, 1.165) is 30.2 Å². The van der Waals surface area contributed by atoms with Crippen LogP contribution in [-0.2, 0) is 23.9 Å². The van der Waals surface area contributed by atoms with Crippen molar-refractivity contribution in [2.75, 3.05) is 31.1 Å². The highest BCUT2D eigenvalue weighted by Crippen LogP contribution is 2.40. The lowest BCUT2D eigenvalue weighted by Gasteiger charge is -2.49. The van der Waals surface area contributed by atoms with Gasteiger partial charge in [-0.3, -0.25) is 9.69 Å². The van der Waals surface area contributed by atoms with Crippen LogP contribution in [0.15, 0.2) is 42.5 Å². The second kappa shape index (κ2) is 8.63. The largest absolute Gasteiger partial charge is 0.416 e. The molecule has 5 rings (SSSR count). The number of carbonyl (C=O) groups is 1. The van der Waals surface area contributed by atoms with E-state index in [1.165, 1.54) is 18.2 Å². The second-order valence-corrected chi connectivity index (χ2v) is 9.46. The van der Waals surface area contributed by atoms with E-state index in [9.17, 15) is 22.4 Å². The Balaban J connectivity index is 1.39. The molecule has 8 heteroatoms. The Morgan fingerprint density at radius 3 is 2.52 bits per heavy atom. The standard InChI is InChI=1S/C25H27F4N3O/c26-20-6-3-17(4-7-20)14-31-9-10-32-22-8-5-19(25(27,28)29)11-18(22)12-21(23(32)15-31)24(33)30-13-16-1-2-16/h3-8,11,16,21,23H,1-2,9-10,12-15H2,(H,30,33)/t21-,23+/m0/s1. The summed E-state index contributed by atoms with van der Waals surface area (Å²) in [6.45, 7) is 3.23. The molecule has 0 spiro atoms. The third kappa shape index (κ3) is 4.86. The van der Waals surface area contributed by atoms with Crippen LogP contribution in [0, 0.1) is 17.7 Å². The van der Waals surface area contributed by atoms with Crippen molar-refractivity contribution in [3.8, 4) is 0 Å². The highest BCUT2D eigenvalue weighted by Gasteiger charge is 2.43. The van der Waals surface area contributed by atoms with E-state index in [1.807, 2.05) is 0 Å². The Bertz CT molecular complexity index is 1020. The summed E-state index contributed by atoms with van der Waals surface area (Å²) in [5.74, 6) is -0.253. The molecule has 2 aromatic rings. The smallest absolute Gasteiger partial charge is 0.365 e. The SMILES string of the molecule is O=C(NCC1CC1)[C@H]1Cc2cc(C(F)(F)F)ccc2N2CCN(Cc3ccc(F)cc3)C[C@H]12. The Morgan fingerprint density at radius 2 is 1.82 bits per heavy atom. The summed E-state index contributed by atoms with van der Waals surface area (Å²) in [6, 6.07) is 10.2. The van der Waals surface area contributed by atoms with Gasteiger partial charge >= 0.3 is 6.18 Å². The minimum atomic E-state index is -4.41. The van der Waals surface area contributed by atoms with Crippen molar-refractivity contribution in [2.24, 2.45) is 11.8 Å². The Labute approximate surface area is 190 Å². The number of nitrogens with zero attached hydrogens (tertiary/aromatic N) is 2. The van der Waals surface area contributed by atoms with Gasteiger partial charge in [0, 0.05) is 38.4 Å². The van der Waals surface area contributed by atoms with E-state index in [1.54, 1.807) is 18.2 Å². The van der Waals surface area contributed by atoms with E-state index in [0.29, 0.717) is 50.6 Å². The average molecular weight is 462 g/mol. The summed E-state index contributed by atoms with van der Waals surface area (Å²) in [4.78, 5) is 17.5. The van der Waals surface area contributed by atoms with Crippen LogP contribution in [-0.4, -0.2) is 43.0 Å². The van der Waals surface area contributed by atoms with Crippen LogP contribution in [0.1, 0.15) is 29.5 Å². The minimum Gasteiger partial charge on any atom is -0.365 e. The number of alkyl halides is 3. The van der Waals surface area contributed by atoms with Crippen LogP contribution in [0.5, 0.6) is 0 Å². The summed E-state index contributed by atoms with van der Waals surface area (Å²) < 4.78 is 53.2. The molecular weight excluding hydrogens is 434 g/mol. The number of nitrogens with one attached hydrogen (secondary N) is 1. The van der Waals surface area contributed by atoms with E-state index in [2.05, 4.69) is 15.1 Å². The molecule has 0 unspecified atom stereocenters. The van der Waals surface area contributed by atoms with Crippen molar-refractivity contribution in [1.82, 2.24) is 10.2 Å². The van der Waals surface area contributed by atoms with Gasteiger partial charge in [0.1, 0.15) is 5.82 Å². The fourth-order valence-corrected chi connectivity index (χ4v) is 5.05. The molecule has 0 bridgehead atoms. The molecule has 2 aliphatic heterocycles. The first kappa shape index (κ1) is 22.2. The summed E-state index contributed by atoms with van der Waals surface area (Å²) in [5.41, 5.74) is 1.69. The van der Waals surface area contributed by atoms with Crippen molar-refractivity contribution < 1.29 is 22.4 Å². The predicted molar refractivity (Wildman–Crippen MR) is 117 cm³/mol. The number of carbonyl (C=O) groups excluding carboxylic acids is 1. The summed E-state index contributed by atoms with van der Waals surface area (Å²) >= 11 is 0. The summed E-state index contributed by atoms with van der Waals surface area (Å²) in [7, 11) is 0. The summed E-state index contributed by atoms with van der Waals surface area (Å²) in [5, 5.41) is 3.05. The molecule has 2 heterocycles. The number of piperazine rings is 1. The number of benzene rings is 2. The minimum absolute atomic E-state index is 0.0800. The van der Waals surface area contributed by atoms with E-state index >= 15 is 0 Å². The molecule has 1 amide bonds. The van der Waals surface area contributed by atoms with Gasteiger partial charge in [-0.15, -0.1) is 0 Å². The molecule has 2 fully saturated rings. The third-order valence-corrected chi connectivity index (χ3v) is 7.04. The number of anilines is 1. The zero-order valence-corrected chi connectivity index (χ0v) is 18.2. The zero-order valence-electron chi connectivity index (χ0n) is 18.2. The normalized spacial score (nSPS) is 23.1. The Hall–Kier alpha value is -2.61. The van der Waals surface area contributed by atoms with Gasteiger partial charge in [-0.1, -0.05) is 12.1 Å². The third-order valence-electron chi connectivity index (χ3n) is 7.04. The maximum Gasteiger partial charge on any atom is 0.416 e. The second-order valence-electron chi connectivity index (χ2n) is 9.46. The molecule has 4 nitrogen and oxygen atoms in total. The monoisotopic (exact) mass is 461 g/mol. The van der Waals surface area contributed by atoms with Crippen LogP contribution in [0.25, 0.3) is 0 Å². The lowest BCUT2D eigenvalue weighted by atomic mass is 9.82. The molecule has 1 saturated heterocycles. The molecule has 176 valence electrons. The first-order valence-electron chi connectivity index (χ1n) is 11.5. The number of rotatable bonds is 5. The van der Waals surface area contributed by atoms with Crippen molar-refractivity contribution in [3.63, 3.8) is 0 Å². The maximum absolute atomic E-state index is 13.3. The topological polar surface area (TPSA) is 35.6 Å². The van der Waals surface area contributed by atoms with Crippen LogP contribution >= 0.6 is 0 Å². The molecular formula is C25H27F4N3O. The fourth-order valence-electron chi connectivity index (χ4n) is 5.05. The van der Waals surface area contributed by atoms with Gasteiger partial charge in [-0.05, 0) is 66.6 Å². The zero-order chi connectivity index (χ0) is 23.2. The summed E-state index contributed by atoms with van der Waals surface area (Å²) in [6.07, 6.45) is -1.89. The number of amides is 1. The van der Waals surface area contributed by atoms with Crippen LogP contribution in [0.4, 0.5) is 23.2 Å². The van der Waals surface area contributed by atoms with Crippen LogP contribution < -0.4 is 10.2 Å². The van der Waals surface area contributed by atoms with Gasteiger partial charge in [0.2, 0.25) is 5.91 Å². The number of hydrogen-bond donors (Lipinski definition) is 1. The highest BCUT2D eigenvalue weighted by molar-refractivity contribution is 5.82. The van der Waals surface area contributed by atoms with Crippen LogP contribution in [0.2, 0.25) is 0 Å². The van der Waals surface area contributed by atoms with E-state index < -0.39 is 17.7 Å². The lowest BCUT2D eigenvalue weighted by molar-refractivity contribution is -0.137. The Morgan fingerprint density at radius 1 is 1.06 bits per heavy atom. The molecule has 1 aliphatic carbocycles. The van der Waals surface area contributed by atoms with Gasteiger partial charge in [0.15, 0.2) is 0 Å². The molecule has 2 aromatic carbocycles. The Kier molecular flexibility index (Phi) is 5.80. The molecule has 33 heavy (non-hydrogen) atoms. The first-order chi connectivity index (χ1) is 15.8. The van der Waals surface area contributed by atoms with Crippen molar-refractivity contribution in [3.05, 3.63) is 65.0 Å². The van der Waals surface area contributed by atoms with Crippen molar-refractivity contribution >= 4 is 11.6 Å². The number of fused-ring (bicyclic) bond motifs is 3. The number of halogens is 4. The highest BCUT2D eigenvalue weighted by atomic mass is 19.4. The first-order valence-corrected chi connectivity index (χ1v) is 11.5. The molecule has 1 saturated carbocycles. The molecule has 0 radical (unpaired) electrons. The van der Waals surface area contributed by atoms with Gasteiger partial charge in [0.05, 0.1) is 17.5 Å². The van der Waals surface area contributed by atoms with E-state index in [-0.39, 0.29) is 17.8 Å². The van der Waals surface area contributed by atoms with Gasteiger partial charge in [-0.25, -0.2) is 4.39 Å². The van der Waals surface area contributed by atoms with Gasteiger partial charge < -0.3 is 10.2 Å². The molecule has 1 N–H and O–H groups in total. The molecule has 2 atom stereocenters. The lowest BCUT2D eigenvalue weighted by Crippen LogP contribution is -2.61. The van der Waals surface area contributed by atoms with E-state index in [4.69, 9.17) is 0 Å².